The van der Waals surface area contributed by atoms with Crippen molar-refractivity contribution in [3.05, 3.63) is 70.5 Å². The lowest BCUT2D eigenvalue weighted by Gasteiger charge is -2.14. The van der Waals surface area contributed by atoms with Crippen LogP contribution in [0.4, 0.5) is 0 Å². The molecule has 6 nitrogen and oxygen atoms in total. The maximum Gasteiger partial charge on any atom is 0.268 e. The molecule has 0 aliphatic carbocycles. The molecule has 3 rings (SSSR count). The summed E-state index contributed by atoms with van der Waals surface area (Å²) in [5, 5.41) is 9.54. The number of Topliss-reactive ketones (excluding diaryl/α,β-unsaturated/α-hetero) is 1. The molecule has 0 radical (unpaired) electrons. The first-order chi connectivity index (χ1) is 12.6. The van der Waals surface area contributed by atoms with Crippen molar-refractivity contribution < 1.29 is 14.8 Å². The number of carbonyl (C=O) groups excluding carboxylic acids is 2. The molecule has 0 aliphatic rings. The summed E-state index contributed by atoms with van der Waals surface area (Å²) in [6.07, 6.45) is 0.280. The number of benzene rings is 2. The van der Waals surface area contributed by atoms with E-state index in [1.165, 1.54) is 15.5 Å². The summed E-state index contributed by atoms with van der Waals surface area (Å²) >= 11 is 1.23. The Bertz CT molecular complexity index is 978. The number of rotatable bonds is 7. The number of fused-ring (bicyclic) bond motifs is 1. The normalized spacial score (nSPS) is 12.0. The van der Waals surface area contributed by atoms with Crippen LogP contribution in [0.5, 0.6) is 0 Å². The zero-order valence-electron chi connectivity index (χ0n) is 13.9. The van der Waals surface area contributed by atoms with E-state index in [4.69, 9.17) is 5.21 Å². The molecule has 1 aromatic heterocycles. The third kappa shape index (κ3) is 4.07. The summed E-state index contributed by atoms with van der Waals surface area (Å²) in [4.78, 5) is 36.7. The molecule has 7 heteroatoms. The maximum absolute atomic E-state index is 12.4. The van der Waals surface area contributed by atoms with Gasteiger partial charge in [-0.15, -0.1) is 0 Å². The molecule has 134 valence electrons. The van der Waals surface area contributed by atoms with Gasteiger partial charge < -0.3 is 0 Å². The van der Waals surface area contributed by atoms with Gasteiger partial charge in [0, 0.05) is 6.42 Å². The molecule has 1 heterocycles. The van der Waals surface area contributed by atoms with Crippen molar-refractivity contribution in [2.75, 3.05) is 0 Å². The van der Waals surface area contributed by atoms with Crippen LogP contribution >= 0.6 is 11.5 Å². The van der Waals surface area contributed by atoms with Gasteiger partial charge >= 0.3 is 0 Å². The fourth-order valence-corrected chi connectivity index (χ4v) is 3.89. The summed E-state index contributed by atoms with van der Waals surface area (Å²) in [6, 6.07) is 16.5. The van der Waals surface area contributed by atoms with Crippen molar-refractivity contribution in [3.63, 3.8) is 0 Å². The number of nitrogens with zero attached hydrogens (tertiary/aromatic N) is 1. The zero-order chi connectivity index (χ0) is 18.5. The van der Waals surface area contributed by atoms with Gasteiger partial charge in [-0.05, 0) is 24.1 Å². The van der Waals surface area contributed by atoms with Gasteiger partial charge in [-0.3, -0.25) is 23.5 Å². The first-order valence-corrected chi connectivity index (χ1v) is 8.94. The number of hydroxylamine groups is 1. The van der Waals surface area contributed by atoms with Gasteiger partial charge in [-0.2, -0.15) is 0 Å². The monoisotopic (exact) mass is 370 g/mol. The Labute approximate surface area is 153 Å². The molecule has 3 aromatic rings. The van der Waals surface area contributed by atoms with E-state index < -0.39 is 11.8 Å². The summed E-state index contributed by atoms with van der Waals surface area (Å²) in [6.45, 7) is -0.0812. The highest BCUT2D eigenvalue weighted by molar-refractivity contribution is 7.13. The highest BCUT2D eigenvalue weighted by atomic mass is 32.1. The van der Waals surface area contributed by atoms with Crippen LogP contribution in [0.1, 0.15) is 12.0 Å². The van der Waals surface area contributed by atoms with Gasteiger partial charge in [-0.25, -0.2) is 5.48 Å². The number of ketones is 1. The van der Waals surface area contributed by atoms with Crippen LogP contribution in [0.25, 0.3) is 10.1 Å². The predicted octanol–water partition coefficient (Wildman–Crippen LogP) is 2.39. The summed E-state index contributed by atoms with van der Waals surface area (Å²) < 4.78 is 2.22. The molecule has 0 saturated heterocycles. The van der Waals surface area contributed by atoms with E-state index in [2.05, 4.69) is 0 Å². The smallest absolute Gasteiger partial charge is 0.268 e. The van der Waals surface area contributed by atoms with Crippen LogP contribution in [-0.2, 0) is 22.6 Å². The number of carbonyl (C=O) groups is 2. The lowest BCUT2D eigenvalue weighted by atomic mass is 9.93. The van der Waals surface area contributed by atoms with Crippen molar-refractivity contribution in [2.45, 2.75) is 19.4 Å². The minimum absolute atomic E-state index is 0.0536. The quantitative estimate of drug-likeness (QED) is 0.494. The van der Waals surface area contributed by atoms with E-state index in [-0.39, 0.29) is 24.3 Å². The van der Waals surface area contributed by atoms with Crippen molar-refractivity contribution >= 4 is 33.3 Å². The summed E-state index contributed by atoms with van der Waals surface area (Å²) in [5.41, 5.74) is 2.32. The van der Waals surface area contributed by atoms with E-state index >= 15 is 0 Å². The van der Waals surface area contributed by atoms with Gasteiger partial charge in [0.05, 0.1) is 22.5 Å². The van der Waals surface area contributed by atoms with Gasteiger partial charge in [0.25, 0.3) is 5.56 Å². The van der Waals surface area contributed by atoms with Gasteiger partial charge in [0.1, 0.15) is 0 Å². The number of hydrogen-bond donors (Lipinski definition) is 2. The van der Waals surface area contributed by atoms with E-state index in [0.29, 0.717) is 11.8 Å². The van der Waals surface area contributed by atoms with Crippen LogP contribution in [0.15, 0.2) is 59.4 Å². The molecule has 26 heavy (non-hydrogen) atoms. The first kappa shape index (κ1) is 18.0. The maximum atomic E-state index is 12.4. The second-order valence-electron chi connectivity index (χ2n) is 6.03. The molecule has 1 atom stereocenters. The van der Waals surface area contributed by atoms with Crippen LogP contribution in [0.2, 0.25) is 0 Å². The fourth-order valence-electron chi connectivity index (χ4n) is 2.87. The molecular formula is C19H18N2O4S. The molecular weight excluding hydrogens is 352 g/mol. The number of nitrogens with one attached hydrogen (secondary N) is 1. The van der Waals surface area contributed by atoms with E-state index in [1.807, 2.05) is 42.5 Å². The topological polar surface area (TPSA) is 88.4 Å². The average Bonchev–Trinajstić information content (AvgIpc) is 2.97. The molecule has 0 aliphatic heterocycles. The number of hydrogen-bond acceptors (Lipinski definition) is 5. The minimum Gasteiger partial charge on any atom is -0.298 e. The first-order valence-electron chi connectivity index (χ1n) is 8.17. The van der Waals surface area contributed by atoms with Crippen molar-refractivity contribution in [1.29, 1.82) is 0 Å². The molecule has 2 N–H and O–H groups in total. The zero-order valence-corrected chi connectivity index (χ0v) is 14.7. The summed E-state index contributed by atoms with van der Waals surface area (Å²) in [5.74, 6) is -1.53. The Kier molecular flexibility index (Phi) is 5.60. The SMILES string of the molecule is O=C(CC(Cc1ccccc1)C(=O)NO)Cn1sc2ccccc2c1=O. The highest BCUT2D eigenvalue weighted by Crippen LogP contribution is 2.17. The Morgan fingerprint density at radius 2 is 1.77 bits per heavy atom. The number of aromatic nitrogens is 1. The van der Waals surface area contributed by atoms with Crippen LogP contribution in [-0.4, -0.2) is 20.9 Å². The van der Waals surface area contributed by atoms with Gasteiger partial charge in [-0.1, -0.05) is 54.0 Å². The van der Waals surface area contributed by atoms with Crippen molar-refractivity contribution in [1.82, 2.24) is 9.44 Å². The molecule has 1 unspecified atom stereocenters. The van der Waals surface area contributed by atoms with Crippen LogP contribution in [0, 0.1) is 5.92 Å². The van der Waals surface area contributed by atoms with Crippen LogP contribution in [0.3, 0.4) is 0 Å². The molecule has 1 amide bonds. The van der Waals surface area contributed by atoms with Crippen molar-refractivity contribution in [3.8, 4) is 0 Å². The standard InChI is InChI=1S/C19H18N2O4S/c22-15(12-21-19(24)16-8-4-5-9-17(16)26-21)11-14(18(23)20-25)10-13-6-2-1-3-7-13/h1-9,14,25H,10-12H2,(H,20,23). The lowest BCUT2D eigenvalue weighted by molar-refractivity contribution is -0.136. The van der Waals surface area contributed by atoms with Gasteiger partial charge in [0.15, 0.2) is 5.78 Å². The van der Waals surface area contributed by atoms with Crippen LogP contribution < -0.4 is 11.0 Å². The molecule has 2 aromatic carbocycles. The van der Waals surface area contributed by atoms with Crippen molar-refractivity contribution in [2.24, 2.45) is 5.92 Å². The Hall–Kier alpha value is -2.77. The third-order valence-corrected chi connectivity index (χ3v) is 5.22. The molecule has 0 fully saturated rings. The Balaban J connectivity index is 1.73. The second-order valence-corrected chi connectivity index (χ2v) is 7.10. The minimum atomic E-state index is -0.694. The van der Waals surface area contributed by atoms with E-state index in [0.717, 1.165) is 10.3 Å². The lowest BCUT2D eigenvalue weighted by Crippen LogP contribution is -2.32. The average molecular weight is 370 g/mol. The Morgan fingerprint density at radius 3 is 2.46 bits per heavy atom. The molecule has 0 bridgehead atoms. The predicted molar refractivity (Wildman–Crippen MR) is 99.3 cm³/mol. The fraction of sp³-hybridized carbons (Fsp3) is 0.211. The molecule has 0 spiro atoms. The largest absolute Gasteiger partial charge is 0.298 e. The van der Waals surface area contributed by atoms with E-state index in [1.54, 1.807) is 17.6 Å². The van der Waals surface area contributed by atoms with Gasteiger partial charge in [0.2, 0.25) is 5.91 Å². The van der Waals surface area contributed by atoms with E-state index in [9.17, 15) is 14.4 Å². The summed E-state index contributed by atoms with van der Waals surface area (Å²) in [7, 11) is 0. The highest BCUT2D eigenvalue weighted by Gasteiger charge is 2.23. The third-order valence-electron chi connectivity index (χ3n) is 4.15. The number of amides is 1. The molecule has 0 saturated carbocycles. The second kappa shape index (κ2) is 8.07. The Morgan fingerprint density at radius 1 is 1.08 bits per heavy atom.